The van der Waals surface area contributed by atoms with Gasteiger partial charge < -0.3 is 10.2 Å². The molecule has 1 aliphatic rings. The van der Waals surface area contributed by atoms with Crippen LogP contribution >= 0.6 is 0 Å². The van der Waals surface area contributed by atoms with Crippen molar-refractivity contribution in [2.75, 3.05) is 16.8 Å². The Hall–Kier alpha value is -2.83. The molecule has 0 radical (unpaired) electrons. The minimum absolute atomic E-state index is 0.0862. The number of anilines is 2. The van der Waals surface area contributed by atoms with E-state index in [1.807, 2.05) is 32.0 Å². The molecule has 0 unspecified atom stereocenters. The number of aromatic amines is 1. The number of fused-ring (bicyclic) bond motifs is 1. The molecule has 0 spiro atoms. The molecule has 7 nitrogen and oxygen atoms in total. The van der Waals surface area contributed by atoms with Gasteiger partial charge >= 0.3 is 0 Å². The third kappa shape index (κ3) is 3.81. The zero-order chi connectivity index (χ0) is 18.0. The van der Waals surface area contributed by atoms with Gasteiger partial charge in [-0.25, -0.2) is 0 Å². The SMILES string of the molecule is CC(C)Cn1[nH]c(CC(=O)N2CCC(=O)Nc3ccccc32)cc1=O. The fourth-order valence-corrected chi connectivity index (χ4v) is 2.96. The van der Waals surface area contributed by atoms with Gasteiger partial charge in [-0.1, -0.05) is 26.0 Å². The highest BCUT2D eigenvalue weighted by Crippen LogP contribution is 2.28. The van der Waals surface area contributed by atoms with Crippen LogP contribution in [0.5, 0.6) is 0 Å². The highest BCUT2D eigenvalue weighted by Gasteiger charge is 2.24. The van der Waals surface area contributed by atoms with E-state index in [1.165, 1.54) is 10.7 Å². The number of benzene rings is 1. The molecule has 7 heteroatoms. The van der Waals surface area contributed by atoms with Gasteiger partial charge in [-0.15, -0.1) is 0 Å². The lowest BCUT2D eigenvalue weighted by atomic mass is 10.2. The molecule has 0 saturated carbocycles. The number of aromatic nitrogens is 2. The summed E-state index contributed by atoms with van der Waals surface area (Å²) in [6.45, 7) is 4.95. The molecule has 1 aromatic carbocycles. The predicted molar refractivity (Wildman–Crippen MR) is 95.6 cm³/mol. The molecule has 2 heterocycles. The summed E-state index contributed by atoms with van der Waals surface area (Å²) in [4.78, 5) is 38.2. The Bertz CT molecular complexity index is 850. The molecular weight excluding hydrogens is 320 g/mol. The summed E-state index contributed by atoms with van der Waals surface area (Å²) < 4.78 is 1.52. The molecule has 1 aromatic heterocycles. The van der Waals surface area contributed by atoms with Crippen LogP contribution in [0.2, 0.25) is 0 Å². The van der Waals surface area contributed by atoms with Gasteiger partial charge in [0.1, 0.15) is 0 Å². The van der Waals surface area contributed by atoms with Crippen molar-refractivity contribution < 1.29 is 9.59 Å². The van der Waals surface area contributed by atoms with E-state index in [4.69, 9.17) is 0 Å². The summed E-state index contributed by atoms with van der Waals surface area (Å²) in [5, 5.41) is 5.82. The van der Waals surface area contributed by atoms with Gasteiger partial charge in [0.25, 0.3) is 5.56 Å². The normalized spacial score (nSPS) is 14.2. The number of nitrogens with zero attached hydrogens (tertiary/aromatic N) is 2. The van der Waals surface area contributed by atoms with Crippen LogP contribution in [0.3, 0.4) is 0 Å². The van der Waals surface area contributed by atoms with Crippen LogP contribution in [0, 0.1) is 5.92 Å². The van der Waals surface area contributed by atoms with Crippen molar-refractivity contribution in [1.82, 2.24) is 9.78 Å². The zero-order valence-electron chi connectivity index (χ0n) is 14.4. The van der Waals surface area contributed by atoms with Crippen molar-refractivity contribution in [3.05, 3.63) is 46.4 Å². The molecule has 2 aromatic rings. The van der Waals surface area contributed by atoms with Crippen molar-refractivity contribution in [2.24, 2.45) is 5.92 Å². The number of carbonyl (C=O) groups excluding carboxylic acids is 2. The Morgan fingerprint density at radius 3 is 2.76 bits per heavy atom. The third-order valence-electron chi connectivity index (χ3n) is 4.06. The molecule has 0 fully saturated rings. The summed E-state index contributed by atoms with van der Waals surface area (Å²) in [6.07, 6.45) is 0.328. The van der Waals surface area contributed by atoms with Crippen molar-refractivity contribution >= 4 is 23.2 Å². The van der Waals surface area contributed by atoms with Crippen LogP contribution in [0.1, 0.15) is 26.0 Å². The number of hydrogen-bond donors (Lipinski definition) is 2. The monoisotopic (exact) mass is 342 g/mol. The van der Waals surface area contributed by atoms with Crippen LogP contribution in [-0.4, -0.2) is 28.1 Å². The first-order valence-electron chi connectivity index (χ1n) is 8.42. The highest BCUT2D eigenvalue weighted by molar-refractivity contribution is 6.04. The standard InChI is InChI=1S/C18H22N4O3/c1-12(2)11-22-18(25)10-13(20-22)9-17(24)21-8-7-16(23)19-14-5-3-4-6-15(14)21/h3-6,10,12,20H,7-9,11H2,1-2H3,(H,19,23). The fourth-order valence-electron chi connectivity index (χ4n) is 2.96. The number of amides is 2. The number of carbonyl (C=O) groups is 2. The Kier molecular flexibility index (Phi) is 4.74. The minimum atomic E-state index is -0.151. The van der Waals surface area contributed by atoms with Crippen LogP contribution < -0.4 is 15.8 Å². The zero-order valence-corrected chi connectivity index (χ0v) is 14.4. The van der Waals surface area contributed by atoms with Gasteiger partial charge in [-0.2, -0.15) is 0 Å². The van der Waals surface area contributed by atoms with E-state index in [9.17, 15) is 14.4 Å². The van der Waals surface area contributed by atoms with E-state index in [0.29, 0.717) is 36.1 Å². The molecular formula is C18H22N4O3. The number of nitrogens with one attached hydrogen (secondary N) is 2. The number of para-hydroxylation sites is 2. The van der Waals surface area contributed by atoms with Crippen molar-refractivity contribution in [1.29, 1.82) is 0 Å². The van der Waals surface area contributed by atoms with E-state index >= 15 is 0 Å². The van der Waals surface area contributed by atoms with Crippen LogP contribution in [0.15, 0.2) is 35.1 Å². The van der Waals surface area contributed by atoms with Gasteiger partial charge in [0.05, 0.1) is 17.8 Å². The summed E-state index contributed by atoms with van der Waals surface area (Å²) in [7, 11) is 0. The Morgan fingerprint density at radius 1 is 1.24 bits per heavy atom. The minimum Gasteiger partial charge on any atom is -0.324 e. The fraction of sp³-hybridized carbons (Fsp3) is 0.389. The van der Waals surface area contributed by atoms with E-state index in [2.05, 4.69) is 10.4 Å². The molecule has 0 bridgehead atoms. The van der Waals surface area contributed by atoms with Crippen LogP contribution in [-0.2, 0) is 22.6 Å². The molecule has 25 heavy (non-hydrogen) atoms. The maximum absolute atomic E-state index is 12.8. The smallest absolute Gasteiger partial charge is 0.266 e. The lowest BCUT2D eigenvalue weighted by molar-refractivity contribution is -0.118. The lowest BCUT2D eigenvalue weighted by Gasteiger charge is -2.21. The molecule has 2 amide bonds. The van der Waals surface area contributed by atoms with E-state index in [1.54, 1.807) is 11.0 Å². The van der Waals surface area contributed by atoms with E-state index in [0.717, 1.165) is 0 Å². The van der Waals surface area contributed by atoms with E-state index in [-0.39, 0.29) is 30.2 Å². The number of hydrogen-bond acceptors (Lipinski definition) is 3. The molecule has 132 valence electrons. The second kappa shape index (κ2) is 6.96. The molecule has 0 atom stereocenters. The summed E-state index contributed by atoms with van der Waals surface area (Å²) >= 11 is 0. The van der Waals surface area contributed by atoms with Crippen molar-refractivity contribution in [3.63, 3.8) is 0 Å². The summed E-state index contributed by atoms with van der Waals surface area (Å²) in [6, 6.07) is 8.70. The van der Waals surface area contributed by atoms with Gasteiger partial charge in [-0.3, -0.25) is 24.2 Å². The van der Waals surface area contributed by atoms with Gasteiger partial charge in [0, 0.05) is 31.3 Å². The quantitative estimate of drug-likeness (QED) is 0.887. The Labute approximate surface area is 145 Å². The average Bonchev–Trinajstić information content (AvgIpc) is 2.77. The molecule has 0 aliphatic carbocycles. The lowest BCUT2D eigenvalue weighted by Crippen LogP contribution is -2.33. The van der Waals surface area contributed by atoms with Crippen molar-refractivity contribution in [2.45, 2.75) is 33.2 Å². The Balaban J connectivity index is 1.82. The number of rotatable bonds is 4. The second-order valence-corrected chi connectivity index (χ2v) is 6.66. The summed E-state index contributed by atoms with van der Waals surface area (Å²) in [5.74, 6) is 0.0654. The van der Waals surface area contributed by atoms with Gasteiger partial charge in [0.2, 0.25) is 11.8 Å². The molecule has 0 saturated heterocycles. The maximum Gasteiger partial charge on any atom is 0.266 e. The van der Waals surface area contributed by atoms with Crippen LogP contribution in [0.25, 0.3) is 0 Å². The van der Waals surface area contributed by atoms with E-state index < -0.39 is 0 Å². The first-order chi connectivity index (χ1) is 11.9. The third-order valence-corrected chi connectivity index (χ3v) is 4.06. The molecule has 2 N–H and O–H groups in total. The Morgan fingerprint density at radius 2 is 2.00 bits per heavy atom. The highest BCUT2D eigenvalue weighted by atomic mass is 16.2. The average molecular weight is 342 g/mol. The predicted octanol–water partition coefficient (Wildman–Crippen LogP) is 1.75. The maximum atomic E-state index is 12.8. The largest absolute Gasteiger partial charge is 0.324 e. The number of H-pyrrole nitrogens is 1. The topological polar surface area (TPSA) is 87.2 Å². The summed E-state index contributed by atoms with van der Waals surface area (Å²) in [5.41, 5.74) is 1.76. The second-order valence-electron chi connectivity index (χ2n) is 6.66. The van der Waals surface area contributed by atoms with Gasteiger partial charge in [-0.05, 0) is 18.1 Å². The molecule has 3 rings (SSSR count). The van der Waals surface area contributed by atoms with Crippen molar-refractivity contribution in [3.8, 4) is 0 Å². The first kappa shape index (κ1) is 17.0. The van der Waals surface area contributed by atoms with Crippen LogP contribution in [0.4, 0.5) is 11.4 Å². The molecule has 1 aliphatic heterocycles. The first-order valence-corrected chi connectivity index (χ1v) is 8.42. The van der Waals surface area contributed by atoms with Gasteiger partial charge in [0.15, 0.2) is 0 Å².